The first-order chi connectivity index (χ1) is 17.6. The number of halogens is 2. The molecule has 1 aromatic carbocycles. The summed E-state index contributed by atoms with van der Waals surface area (Å²) in [7, 11) is 1.50. The fourth-order valence-corrected chi connectivity index (χ4v) is 5.85. The Hall–Kier alpha value is -3.20. The maximum Gasteiger partial charge on any atom is 0.256 e. The molecule has 0 spiro atoms. The average Bonchev–Trinajstić information content (AvgIpc) is 3.15. The first-order valence-electron chi connectivity index (χ1n) is 12.8. The van der Waals surface area contributed by atoms with Gasteiger partial charge in [0.05, 0.1) is 31.3 Å². The Morgan fingerprint density at radius 2 is 2.00 bits per heavy atom. The lowest BCUT2D eigenvalue weighted by Crippen LogP contribution is -2.44. The Morgan fingerprint density at radius 1 is 1.27 bits per heavy atom. The topological polar surface area (TPSA) is 79.4 Å². The number of alkyl halides is 2. The van der Waals surface area contributed by atoms with E-state index >= 15 is 0 Å². The molecule has 3 unspecified atom stereocenters. The van der Waals surface area contributed by atoms with Gasteiger partial charge in [-0.3, -0.25) is 14.5 Å². The summed E-state index contributed by atoms with van der Waals surface area (Å²) in [4.78, 5) is 30.6. The molecule has 9 heteroatoms. The zero-order chi connectivity index (χ0) is 26.9. The monoisotopic (exact) mass is 514 g/mol. The van der Waals surface area contributed by atoms with Gasteiger partial charge in [0.15, 0.2) is 0 Å². The van der Waals surface area contributed by atoms with Crippen molar-refractivity contribution < 1.29 is 18.3 Å². The minimum Gasteiger partial charge on any atom is -0.496 e. The van der Waals surface area contributed by atoms with Crippen molar-refractivity contribution in [3.05, 3.63) is 63.2 Å². The van der Waals surface area contributed by atoms with E-state index in [0.717, 1.165) is 29.4 Å². The van der Waals surface area contributed by atoms with Crippen molar-refractivity contribution in [2.24, 2.45) is 5.92 Å². The van der Waals surface area contributed by atoms with E-state index in [1.54, 1.807) is 13.0 Å². The summed E-state index contributed by atoms with van der Waals surface area (Å²) in [5.41, 5.74) is 3.13. The lowest BCUT2D eigenvalue weighted by molar-refractivity contribution is 0.0341. The number of carbonyl (C=O) groups is 1. The van der Waals surface area contributed by atoms with Crippen LogP contribution in [0.15, 0.2) is 35.1 Å². The SMILES string of the molecule is COc1cc(C)[nH]c(=O)c1CNC(=O)c1c(C)n(C(C)C2CCN(CC(F)F)C(C)C2)c2ccccc12. The van der Waals surface area contributed by atoms with Gasteiger partial charge < -0.3 is 19.6 Å². The van der Waals surface area contributed by atoms with Crippen molar-refractivity contribution in [2.75, 3.05) is 20.2 Å². The highest BCUT2D eigenvalue weighted by molar-refractivity contribution is 6.08. The van der Waals surface area contributed by atoms with Gasteiger partial charge in [-0.25, -0.2) is 8.78 Å². The number of ether oxygens (including phenoxy) is 1. The lowest BCUT2D eigenvalue weighted by Gasteiger charge is -2.40. The number of fused-ring (bicyclic) bond motifs is 1. The predicted molar refractivity (Wildman–Crippen MR) is 141 cm³/mol. The molecule has 0 aliphatic carbocycles. The van der Waals surface area contributed by atoms with Crippen LogP contribution >= 0.6 is 0 Å². The molecule has 1 aliphatic heterocycles. The van der Waals surface area contributed by atoms with E-state index in [9.17, 15) is 18.4 Å². The summed E-state index contributed by atoms with van der Waals surface area (Å²) >= 11 is 0. The minimum atomic E-state index is -2.33. The van der Waals surface area contributed by atoms with Crippen LogP contribution in [0, 0.1) is 19.8 Å². The number of benzene rings is 1. The molecule has 0 bridgehead atoms. The Labute approximate surface area is 215 Å². The number of nitrogens with zero attached hydrogens (tertiary/aromatic N) is 2. The van der Waals surface area contributed by atoms with E-state index in [2.05, 4.69) is 21.8 Å². The van der Waals surface area contributed by atoms with Gasteiger partial charge in [-0.2, -0.15) is 0 Å². The molecule has 3 atom stereocenters. The number of pyridine rings is 1. The number of methoxy groups -OCH3 is 1. The van der Waals surface area contributed by atoms with Crippen LogP contribution in [0.2, 0.25) is 0 Å². The van der Waals surface area contributed by atoms with Crippen LogP contribution in [-0.4, -0.2) is 53.0 Å². The first kappa shape index (κ1) is 26.9. The van der Waals surface area contributed by atoms with Gasteiger partial charge in [-0.15, -0.1) is 0 Å². The Bertz CT molecular complexity index is 1330. The van der Waals surface area contributed by atoms with Crippen molar-refractivity contribution in [3.63, 3.8) is 0 Å². The molecule has 4 rings (SSSR count). The third kappa shape index (κ3) is 5.42. The summed E-state index contributed by atoms with van der Waals surface area (Å²) in [6.07, 6.45) is -0.692. The largest absolute Gasteiger partial charge is 0.496 e. The molecule has 1 saturated heterocycles. The molecular weight excluding hydrogens is 478 g/mol. The normalized spacial score (nSPS) is 19.4. The second-order valence-electron chi connectivity index (χ2n) is 10.1. The molecule has 1 aliphatic rings. The van der Waals surface area contributed by atoms with E-state index in [1.807, 2.05) is 43.0 Å². The quantitative estimate of drug-likeness (QED) is 0.452. The zero-order valence-corrected chi connectivity index (χ0v) is 22.1. The van der Waals surface area contributed by atoms with Crippen LogP contribution in [-0.2, 0) is 6.54 Å². The Balaban J connectivity index is 1.61. The number of likely N-dealkylation sites (tertiary alicyclic amines) is 1. The molecular formula is C28H36F2N4O3. The van der Waals surface area contributed by atoms with Crippen LogP contribution in [0.5, 0.6) is 5.75 Å². The maximum absolute atomic E-state index is 13.5. The number of aromatic nitrogens is 2. The van der Waals surface area contributed by atoms with E-state index in [4.69, 9.17) is 4.74 Å². The molecule has 37 heavy (non-hydrogen) atoms. The average molecular weight is 515 g/mol. The number of carbonyl (C=O) groups excluding carboxylic acids is 1. The summed E-state index contributed by atoms with van der Waals surface area (Å²) in [6, 6.07) is 9.70. The zero-order valence-electron chi connectivity index (χ0n) is 22.1. The fraction of sp³-hybridized carbons (Fsp3) is 0.500. The number of H-pyrrole nitrogens is 1. The van der Waals surface area contributed by atoms with Crippen LogP contribution < -0.4 is 15.6 Å². The van der Waals surface area contributed by atoms with Gasteiger partial charge in [0.2, 0.25) is 0 Å². The van der Waals surface area contributed by atoms with Crippen molar-refractivity contribution in [1.29, 1.82) is 0 Å². The molecule has 3 heterocycles. The van der Waals surface area contributed by atoms with Crippen LogP contribution in [0.3, 0.4) is 0 Å². The molecule has 2 N–H and O–H groups in total. The second-order valence-corrected chi connectivity index (χ2v) is 10.1. The third-order valence-electron chi connectivity index (χ3n) is 7.77. The highest BCUT2D eigenvalue weighted by Gasteiger charge is 2.33. The number of para-hydroxylation sites is 1. The van der Waals surface area contributed by atoms with E-state index in [-0.39, 0.29) is 36.6 Å². The van der Waals surface area contributed by atoms with Gasteiger partial charge in [-0.05, 0) is 65.1 Å². The molecule has 1 amide bonds. The highest BCUT2D eigenvalue weighted by Crippen LogP contribution is 2.37. The first-order valence-corrected chi connectivity index (χ1v) is 12.8. The number of aromatic amines is 1. The number of aryl methyl sites for hydroxylation is 1. The third-order valence-corrected chi connectivity index (χ3v) is 7.77. The van der Waals surface area contributed by atoms with Crippen molar-refractivity contribution >= 4 is 16.8 Å². The van der Waals surface area contributed by atoms with Crippen molar-refractivity contribution in [1.82, 2.24) is 19.8 Å². The summed E-state index contributed by atoms with van der Waals surface area (Å²) in [6.45, 7) is 8.37. The maximum atomic E-state index is 13.5. The van der Waals surface area contributed by atoms with Crippen LogP contribution in [0.25, 0.3) is 10.9 Å². The molecule has 7 nitrogen and oxygen atoms in total. The minimum absolute atomic E-state index is 0.0340. The van der Waals surface area contributed by atoms with Gasteiger partial charge in [-0.1, -0.05) is 18.2 Å². The summed E-state index contributed by atoms with van der Waals surface area (Å²) in [5.74, 6) is 0.466. The number of rotatable bonds is 8. The Morgan fingerprint density at radius 3 is 2.68 bits per heavy atom. The number of piperidine rings is 1. The smallest absolute Gasteiger partial charge is 0.256 e. The predicted octanol–water partition coefficient (Wildman–Crippen LogP) is 4.81. The van der Waals surface area contributed by atoms with E-state index in [1.165, 1.54) is 7.11 Å². The number of hydrogen-bond donors (Lipinski definition) is 2. The van der Waals surface area contributed by atoms with E-state index in [0.29, 0.717) is 35.0 Å². The molecule has 3 aromatic rings. The second kappa shape index (κ2) is 11.0. The van der Waals surface area contributed by atoms with Crippen LogP contribution in [0.1, 0.15) is 60.0 Å². The highest BCUT2D eigenvalue weighted by atomic mass is 19.3. The standard InChI is InChI=1S/C28H36F2N4O3/c1-16-12-24(37-5)22(27(35)32-16)14-31-28(36)26-19(4)34(23-9-7-6-8-21(23)26)18(3)20-10-11-33(15-25(29)30)17(2)13-20/h6-9,12,17-18,20,25H,10-11,13-15H2,1-5H3,(H,31,36)(H,32,35). The fourth-order valence-electron chi connectivity index (χ4n) is 5.85. The number of amides is 1. The van der Waals surface area contributed by atoms with Gasteiger partial charge >= 0.3 is 0 Å². The molecule has 2 aromatic heterocycles. The molecule has 0 radical (unpaired) electrons. The number of nitrogens with one attached hydrogen (secondary N) is 2. The summed E-state index contributed by atoms with van der Waals surface area (Å²) in [5, 5.41) is 3.76. The number of hydrogen-bond acceptors (Lipinski definition) is 4. The Kier molecular flexibility index (Phi) is 8.02. The lowest BCUT2D eigenvalue weighted by atomic mass is 9.86. The van der Waals surface area contributed by atoms with Gasteiger partial charge in [0, 0.05) is 34.4 Å². The molecule has 0 saturated carbocycles. The van der Waals surface area contributed by atoms with Gasteiger partial charge in [0.1, 0.15) is 5.75 Å². The van der Waals surface area contributed by atoms with Crippen molar-refractivity contribution in [2.45, 2.75) is 65.6 Å². The molecule has 200 valence electrons. The summed E-state index contributed by atoms with van der Waals surface area (Å²) < 4.78 is 33.5. The van der Waals surface area contributed by atoms with Crippen LogP contribution in [0.4, 0.5) is 8.78 Å². The van der Waals surface area contributed by atoms with Gasteiger partial charge in [0.25, 0.3) is 17.9 Å². The molecule has 1 fully saturated rings. The van der Waals surface area contributed by atoms with Crippen molar-refractivity contribution in [3.8, 4) is 5.75 Å². The van der Waals surface area contributed by atoms with E-state index < -0.39 is 6.43 Å².